The van der Waals surface area contributed by atoms with Crippen molar-refractivity contribution in [3.05, 3.63) is 72.6 Å². The number of rotatable bonds is 6. The maximum atomic E-state index is 11.7. The number of aromatic nitrogens is 1. The van der Waals surface area contributed by atoms with E-state index < -0.39 is 0 Å². The lowest BCUT2D eigenvalue weighted by atomic mass is 10.2. The van der Waals surface area contributed by atoms with Gasteiger partial charge >= 0.3 is 0 Å². The largest absolute Gasteiger partial charge is 0.343 e. The summed E-state index contributed by atoms with van der Waals surface area (Å²) in [5, 5.41) is 2.50. The van der Waals surface area contributed by atoms with Crippen LogP contribution in [0.2, 0.25) is 0 Å². The van der Waals surface area contributed by atoms with Crippen molar-refractivity contribution in [3.8, 4) is 0 Å². The van der Waals surface area contributed by atoms with Crippen molar-refractivity contribution >= 4 is 17.5 Å². The molecule has 3 N–H and O–H groups in total. The third kappa shape index (κ3) is 4.45. The van der Waals surface area contributed by atoms with Gasteiger partial charge in [0.25, 0.3) is 11.8 Å². The first-order valence-corrected chi connectivity index (χ1v) is 6.64. The van der Waals surface area contributed by atoms with Gasteiger partial charge in [-0.15, -0.1) is 0 Å². The second-order valence-corrected chi connectivity index (χ2v) is 4.44. The van der Waals surface area contributed by atoms with Gasteiger partial charge in [0.05, 0.1) is 17.8 Å². The van der Waals surface area contributed by atoms with Gasteiger partial charge in [0, 0.05) is 12.4 Å². The lowest BCUT2D eigenvalue weighted by Gasteiger charge is -2.11. The van der Waals surface area contributed by atoms with Crippen LogP contribution < -0.4 is 16.2 Å². The van der Waals surface area contributed by atoms with Crippen LogP contribution in [-0.4, -0.2) is 23.3 Å². The van der Waals surface area contributed by atoms with Crippen molar-refractivity contribution in [2.24, 2.45) is 0 Å². The van der Waals surface area contributed by atoms with Crippen molar-refractivity contribution in [3.63, 3.8) is 0 Å². The minimum absolute atomic E-state index is 0.150. The van der Waals surface area contributed by atoms with Crippen LogP contribution in [0.15, 0.2) is 61.4 Å². The highest BCUT2D eigenvalue weighted by Gasteiger charge is 2.07. The van der Waals surface area contributed by atoms with E-state index in [1.165, 1.54) is 6.20 Å². The monoisotopic (exact) mass is 296 g/mol. The number of hydrazine groups is 1. The number of hydrogen-bond acceptors (Lipinski definition) is 4. The molecule has 0 atom stereocenters. The molecule has 0 aliphatic carbocycles. The number of pyridine rings is 1. The number of amides is 2. The Balaban J connectivity index is 1.74. The zero-order valence-electron chi connectivity index (χ0n) is 11.9. The van der Waals surface area contributed by atoms with E-state index in [1.54, 1.807) is 18.3 Å². The fourth-order valence-corrected chi connectivity index (χ4v) is 1.66. The number of carbonyl (C=O) groups excluding carboxylic acids is 2. The first-order valence-electron chi connectivity index (χ1n) is 6.64. The fourth-order valence-electron chi connectivity index (χ4n) is 1.66. The van der Waals surface area contributed by atoms with Crippen molar-refractivity contribution in [1.82, 2.24) is 21.2 Å². The van der Waals surface area contributed by atoms with E-state index in [0.717, 1.165) is 5.56 Å². The molecule has 0 spiro atoms. The normalized spacial score (nSPS) is 9.64. The molecule has 0 unspecified atom stereocenters. The molecule has 22 heavy (non-hydrogen) atoms. The van der Waals surface area contributed by atoms with Gasteiger partial charge in [-0.3, -0.25) is 25.4 Å². The number of carbonyl (C=O) groups is 2. The zero-order chi connectivity index (χ0) is 15.8. The summed E-state index contributed by atoms with van der Waals surface area (Å²) in [4.78, 5) is 27.2. The minimum Gasteiger partial charge on any atom is -0.343 e. The third-order valence-electron chi connectivity index (χ3n) is 2.81. The van der Waals surface area contributed by atoms with Gasteiger partial charge in [-0.05, 0) is 17.7 Å². The molecule has 1 aromatic heterocycles. The van der Waals surface area contributed by atoms with Gasteiger partial charge in [0.1, 0.15) is 0 Å². The lowest BCUT2D eigenvalue weighted by molar-refractivity contribution is -0.120. The van der Waals surface area contributed by atoms with Crippen molar-refractivity contribution in [2.45, 2.75) is 0 Å². The van der Waals surface area contributed by atoms with Crippen molar-refractivity contribution in [1.29, 1.82) is 0 Å². The molecule has 2 rings (SSSR count). The molecule has 0 saturated carbocycles. The molecule has 0 saturated heterocycles. The topological polar surface area (TPSA) is 83.1 Å². The summed E-state index contributed by atoms with van der Waals surface area (Å²) in [6, 6.07) is 12.6. The van der Waals surface area contributed by atoms with Gasteiger partial charge in [-0.25, -0.2) is 0 Å². The molecule has 0 aliphatic rings. The number of benzene rings is 1. The first kappa shape index (κ1) is 15.2. The van der Waals surface area contributed by atoms with Crippen LogP contribution in [0.5, 0.6) is 0 Å². The predicted molar refractivity (Wildman–Crippen MR) is 83.3 cm³/mol. The van der Waals surface area contributed by atoms with E-state index in [4.69, 9.17) is 0 Å². The van der Waals surface area contributed by atoms with E-state index in [0.29, 0.717) is 11.3 Å². The van der Waals surface area contributed by atoms with E-state index >= 15 is 0 Å². The van der Waals surface area contributed by atoms with E-state index in [-0.39, 0.29) is 18.4 Å². The van der Waals surface area contributed by atoms with E-state index in [1.807, 2.05) is 30.3 Å². The number of hydrogen-bond donors (Lipinski definition) is 3. The third-order valence-corrected chi connectivity index (χ3v) is 2.81. The zero-order valence-corrected chi connectivity index (χ0v) is 11.9. The van der Waals surface area contributed by atoms with Gasteiger partial charge in [0.2, 0.25) is 0 Å². The molecular weight excluding hydrogens is 280 g/mol. The number of nitrogens with zero attached hydrogens (tertiary/aromatic N) is 1. The van der Waals surface area contributed by atoms with Crippen LogP contribution in [0.3, 0.4) is 0 Å². The first-order chi connectivity index (χ1) is 10.7. The van der Waals surface area contributed by atoms with Crippen LogP contribution in [-0.2, 0) is 4.79 Å². The van der Waals surface area contributed by atoms with Gasteiger partial charge < -0.3 is 5.32 Å². The summed E-state index contributed by atoms with van der Waals surface area (Å²) < 4.78 is 0. The molecule has 0 radical (unpaired) electrons. The molecule has 6 nitrogen and oxygen atoms in total. The minimum atomic E-state index is -0.380. The highest BCUT2D eigenvalue weighted by atomic mass is 16.2. The lowest BCUT2D eigenvalue weighted by Crippen LogP contribution is -2.42. The Morgan fingerprint density at radius 1 is 1.00 bits per heavy atom. The average Bonchev–Trinajstić information content (AvgIpc) is 2.59. The van der Waals surface area contributed by atoms with Crippen LogP contribution in [0, 0.1) is 0 Å². The maximum absolute atomic E-state index is 11.7. The van der Waals surface area contributed by atoms with Gasteiger partial charge in [0.15, 0.2) is 0 Å². The van der Waals surface area contributed by atoms with Crippen molar-refractivity contribution < 1.29 is 9.59 Å². The Kier molecular flexibility index (Phi) is 5.25. The summed E-state index contributed by atoms with van der Waals surface area (Å²) in [5.74, 6) is -0.737. The maximum Gasteiger partial charge on any atom is 0.257 e. The quantitative estimate of drug-likeness (QED) is 0.697. The van der Waals surface area contributed by atoms with Gasteiger partial charge in [-0.1, -0.05) is 36.9 Å². The highest BCUT2D eigenvalue weighted by molar-refractivity contribution is 5.96. The second-order valence-electron chi connectivity index (χ2n) is 4.44. The Bertz CT molecular complexity index is 599. The average molecular weight is 296 g/mol. The SMILES string of the molecule is C=C(NNC(=O)CNC(=O)c1cccnc1)c1ccccc1. The Morgan fingerprint density at radius 2 is 1.73 bits per heavy atom. The molecule has 1 aromatic carbocycles. The summed E-state index contributed by atoms with van der Waals surface area (Å²) in [6.07, 6.45) is 3.01. The van der Waals surface area contributed by atoms with Crippen LogP contribution >= 0.6 is 0 Å². The van der Waals surface area contributed by atoms with E-state index in [2.05, 4.69) is 27.7 Å². The molecule has 1 heterocycles. The highest BCUT2D eigenvalue weighted by Crippen LogP contribution is 2.06. The van der Waals surface area contributed by atoms with Crippen LogP contribution in [0.25, 0.3) is 5.70 Å². The number of nitrogens with one attached hydrogen (secondary N) is 3. The summed E-state index contributed by atoms with van der Waals surface area (Å²) in [7, 11) is 0. The van der Waals surface area contributed by atoms with Crippen LogP contribution in [0.4, 0.5) is 0 Å². The Labute approximate surface area is 128 Å². The molecule has 0 fully saturated rings. The fraction of sp³-hybridized carbons (Fsp3) is 0.0625. The van der Waals surface area contributed by atoms with Gasteiger partial charge in [-0.2, -0.15) is 0 Å². The molecule has 6 heteroatoms. The molecule has 2 amide bonds. The smallest absolute Gasteiger partial charge is 0.257 e. The van der Waals surface area contributed by atoms with E-state index in [9.17, 15) is 9.59 Å². The standard InChI is InChI=1S/C16H16N4O2/c1-12(13-6-3-2-4-7-13)19-20-15(21)11-18-16(22)14-8-5-9-17-10-14/h2-10,19H,1,11H2,(H,18,22)(H,20,21). The second kappa shape index (κ2) is 7.58. The summed E-state index contributed by atoms with van der Waals surface area (Å²) >= 11 is 0. The Morgan fingerprint density at radius 3 is 2.41 bits per heavy atom. The molecule has 0 aliphatic heterocycles. The summed E-state index contributed by atoms with van der Waals surface area (Å²) in [6.45, 7) is 3.67. The summed E-state index contributed by atoms with van der Waals surface area (Å²) in [5.41, 5.74) is 7.00. The Hall–Kier alpha value is -3.15. The molecular formula is C16H16N4O2. The van der Waals surface area contributed by atoms with Crippen LogP contribution in [0.1, 0.15) is 15.9 Å². The molecule has 112 valence electrons. The predicted octanol–water partition coefficient (Wildman–Crippen LogP) is 1.10. The molecule has 0 bridgehead atoms. The van der Waals surface area contributed by atoms with Crippen molar-refractivity contribution in [2.75, 3.05) is 6.54 Å². The molecule has 2 aromatic rings.